The van der Waals surface area contributed by atoms with Crippen molar-refractivity contribution in [1.29, 1.82) is 0 Å². The van der Waals surface area contributed by atoms with Crippen molar-refractivity contribution in [2.45, 2.75) is 122 Å². The van der Waals surface area contributed by atoms with E-state index in [4.69, 9.17) is 0 Å². The zero-order valence-electron chi connectivity index (χ0n) is 33.1. The van der Waals surface area contributed by atoms with E-state index in [1.54, 1.807) is 0 Å². The normalized spacial score (nSPS) is 11.2. The quantitative estimate of drug-likeness (QED) is 0.148. The third kappa shape index (κ3) is 13.0. The van der Waals surface area contributed by atoms with Gasteiger partial charge in [-0.25, -0.2) is 0 Å². The SMILES string of the molecule is C.C=C(C)NC.C=C(C)Nc1c(C)c(C)c(C(C)CC(=C)NC)c(C)c1C.C=C(C)Nc1c(C)c(C)c(C)c(C)c1C(C)CC(=C)NC. The van der Waals surface area contributed by atoms with Crippen molar-refractivity contribution in [3.8, 4) is 0 Å². The molecule has 270 valence electrons. The van der Waals surface area contributed by atoms with Crippen molar-refractivity contribution in [3.05, 3.63) is 117 Å². The summed E-state index contributed by atoms with van der Waals surface area (Å²) in [6, 6.07) is 0. The standard InChI is InChI=1S/2C19H30N2.C4H9N.CH4/c1-11(2)21-19-16(7)14(5)18(15(6)17(19)8)12(3)10-13(4)20-9;1-11(2)21-19-17(8)15(6)14(5)16(7)18(19)12(3)10-13(4)20-9;1-4(2)5-3;/h2*12,20-21H,1,4,10H2,2-3,5-9H3;5H,1H2,2-3H3;1H4. The maximum Gasteiger partial charge on any atom is 0.0452 e. The number of benzene rings is 2. The molecule has 0 aliphatic heterocycles. The molecule has 0 amide bonds. The fourth-order valence-corrected chi connectivity index (χ4v) is 5.96. The maximum atomic E-state index is 4.07. The van der Waals surface area contributed by atoms with E-state index in [1.165, 1.54) is 67.0 Å². The lowest BCUT2D eigenvalue weighted by molar-refractivity contribution is 0.703. The molecule has 2 unspecified atom stereocenters. The summed E-state index contributed by atoms with van der Waals surface area (Å²) in [5.41, 5.74) is 21.2. The molecule has 2 aromatic carbocycles. The average Bonchev–Trinajstić information content (AvgIpc) is 3.00. The zero-order chi connectivity index (χ0) is 36.9. The largest absolute Gasteiger partial charge is 0.392 e. The highest BCUT2D eigenvalue weighted by molar-refractivity contribution is 5.68. The van der Waals surface area contributed by atoms with Gasteiger partial charge in [0.15, 0.2) is 0 Å². The summed E-state index contributed by atoms with van der Waals surface area (Å²) in [5, 5.41) is 16.0. The first-order chi connectivity index (χ1) is 21.7. The third-order valence-electron chi connectivity index (χ3n) is 9.32. The van der Waals surface area contributed by atoms with Gasteiger partial charge in [0.1, 0.15) is 0 Å². The number of rotatable bonds is 13. The first kappa shape index (κ1) is 46.3. The Morgan fingerprint density at radius 1 is 0.458 bits per heavy atom. The molecule has 0 aliphatic rings. The lowest BCUT2D eigenvalue weighted by Crippen LogP contribution is -2.13. The van der Waals surface area contributed by atoms with Gasteiger partial charge in [-0.05, 0) is 162 Å². The van der Waals surface area contributed by atoms with E-state index in [1.807, 2.05) is 41.9 Å². The summed E-state index contributed by atoms with van der Waals surface area (Å²) in [7, 11) is 5.72. The van der Waals surface area contributed by atoms with E-state index < -0.39 is 0 Å². The van der Waals surface area contributed by atoms with Crippen LogP contribution in [-0.2, 0) is 0 Å². The number of nitrogens with one attached hydrogen (secondary N) is 5. The number of hydrogen-bond donors (Lipinski definition) is 5. The molecule has 5 N–H and O–H groups in total. The van der Waals surface area contributed by atoms with Crippen molar-refractivity contribution >= 4 is 11.4 Å². The second-order valence-corrected chi connectivity index (χ2v) is 13.3. The summed E-state index contributed by atoms with van der Waals surface area (Å²) in [6.07, 6.45) is 1.90. The highest BCUT2D eigenvalue weighted by atomic mass is 14.9. The first-order valence-electron chi connectivity index (χ1n) is 16.8. The summed E-state index contributed by atoms with van der Waals surface area (Å²) in [4.78, 5) is 0. The molecular formula is C43H73N5. The van der Waals surface area contributed by atoms with E-state index in [9.17, 15) is 0 Å². The fourth-order valence-electron chi connectivity index (χ4n) is 5.96. The molecular weight excluding hydrogens is 587 g/mol. The molecule has 0 saturated carbocycles. The van der Waals surface area contributed by atoms with Gasteiger partial charge in [0.2, 0.25) is 0 Å². The van der Waals surface area contributed by atoms with Gasteiger partial charge in [-0.1, -0.05) is 54.2 Å². The highest BCUT2D eigenvalue weighted by Crippen LogP contribution is 2.39. The van der Waals surface area contributed by atoms with Crippen molar-refractivity contribution in [1.82, 2.24) is 16.0 Å². The fraction of sp³-hybridized carbons (Fsp3) is 0.488. The van der Waals surface area contributed by atoms with Crippen LogP contribution in [0, 0.1) is 55.4 Å². The van der Waals surface area contributed by atoms with Crippen molar-refractivity contribution in [2.24, 2.45) is 0 Å². The minimum absolute atomic E-state index is 0. The number of anilines is 2. The van der Waals surface area contributed by atoms with Crippen molar-refractivity contribution < 1.29 is 0 Å². The minimum atomic E-state index is 0. The molecule has 0 aromatic heterocycles. The molecule has 2 rings (SSSR count). The van der Waals surface area contributed by atoms with Gasteiger partial charge in [0.05, 0.1) is 0 Å². The molecule has 0 radical (unpaired) electrons. The van der Waals surface area contributed by atoms with Crippen LogP contribution in [0.15, 0.2) is 61.4 Å². The van der Waals surface area contributed by atoms with Crippen LogP contribution in [0.5, 0.6) is 0 Å². The predicted molar refractivity (Wildman–Crippen MR) is 221 cm³/mol. The summed E-state index contributed by atoms with van der Waals surface area (Å²) < 4.78 is 0. The summed E-state index contributed by atoms with van der Waals surface area (Å²) in [6.45, 7) is 47.8. The molecule has 5 heteroatoms. The van der Waals surface area contributed by atoms with Gasteiger partial charge in [0, 0.05) is 55.3 Å². The van der Waals surface area contributed by atoms with Crippen molar-refractivity contribution in [3.63, 3.8) is 0 Å². The number of allylic oxidation sites excluding steroid dienone is 5. The topological polar surface area (TPSA) is 60.1 Å². The maximum absolute atomic E-state index is 4.07. The third-order valence-corrected chi connectivity index (χ3v) is 9.32. The molecule has 0 bridgehead atoms. The molecule has 0 saturated heterocycles. The van der Waals surface area contributed by atoms with Crippen LogP contribution in [-0.4, -0.2) is 21.1 Å². The second-order valence-electron chi connectivity index (χ2n) is 13.3. The summed E-state index contributed by atoms with van der Waals surface area (Å²) in [5.74, 6) is 0.867. The van der Waals surface area contributed by atoms with E-state index >= 15 is 0 Å². The number of hydrogen-bond acceptors (Lipinski definition) is 5. The Morgan fingerprint density at radius 2 is 0.750 bits per heavy atom. The molecule has 2 aromatic rings. The monoisotopic (exact) mass is 660 g/mol. The molecule has 2 atom stereocenters. The second kappa shape index (κ2) is 21.2. The highest BCUT2D eigenvalue weighted by Gasteiger charge is 2.21. The molecule has 48 heavy (non-hydrogen) atoms. The lowest BCUT2D eigenvalue weighted by atomic mass is 9.83. The van der Waals surface area contributed by atoms with Crippen LogP contribution in [0.25, 0.3) is 0 Å². The van der Waals surface area contributed by atoms with Crippen LogP contribution < -0.4 is 26.6 Å². The van der Waals surface area contributed by atoms with Crippen LogP contribution >= 0.6 is 0 Å². The van der Waals surface area contributed by atoms with Gasteiger partial charge < -0.3 is 26.6 Å². The van der Waals surface area contributed by atoms with Crippen molar-refractivity contribution in [2.75, 3.05) is 31.8 Å². The molecule has 0 aliphatic carbocycles. The van der Waals surface area contributed by atoms with Gasteiger partial charge in [-0.3, -0.25) is 0 Å². The van der Waals surface area contributed by atoms with Gasteiger partial charge >= 0.3 is 0 Å². The molecule has 0 spiro atoms. The first-order valence-corrected chi connectivity index (χ1v) is 16.8. The average molecular weight is 660 g/mol. The van der Waals surface area contributed by atoms with Crippen LogP contribution in [0.3, 0.4) is 0 Å². The lowest BCUT2D eigenvalue weighted by Gasteiger charge is -2.26. The Bertz CT molecular complexity index is 1430. The molecule has 0 fully saturated rings. The Labute approximate surface area is 297 Å². The van der Waals surface area contributed by atoms with Crippen LogP contribution in [0.1, 0.15) is 122 Å². The van der Waals surface area contributed by atoms with Gasteiger partial charge in [-0.15, -0.1) is 0 Å². The predicted octanol–water partition coefficient (Wildman–Crippen LogP) is 11.6. The zero-order valence-corrected chi connectivity index (χ0v) is 33.1. The van der Waals surface area contributed by atoms with Crippen LogP contribution in [0.4, 0.5) is 11.4 Å². The van der Waals surface area contributed by atoms with E-state index in [0.717, 1.165) is 41.3 Å². The van der Waals surface area contributed by atoms with E-state index in [0.29, 0.717) is 11.8 Å². The molecule has 0 heterocycles. The Balaban J connectivity index is 0. The Kier molecular flexibility index (Phi) is 20.4. The smallest absolute Gasteiger partial charge is 0.0452 e. The van der Waals surface area contributed by atoms with Crippen LogP contribution in [0.2, 0.25) is 0 Å². The Hall–Kier alpha value is -3.86. The minimum Gasteiger partial charge on any atom is -0.392 e. The van der Waals surface area contributed by atoms with E-state index in [-0.39, 0.29) is 7.43 Å². The molecule has 5 nitrogen and oxygen atoms in total. The van der Waals surface area contributed by atoms with E-state index in [2.05, 4.69) is 129 Å². The van der Waals surface area contributed by atoms with Gasteiger partial charge in [-0.2, -0.15) is 0 Å². The van der Waals surface area contributed by atoms with Gasteiger partial charge in [0.25, 0.3) is 0 Å². The summed E-state index contributed by atoms with van der Waals surface area (Å²) >= 11 is 0. The Morgan fingerprint density at radius 3 is 1.08 bits per heavy atom.